The Morgan fingerprint density at radius 3 is 2.45 bits per heavy atom. The molecular weight excluding hydrogens is 643 g/mol. The Balaban J connectivity index is 0.00000484. The Morgan fingerprint density at radius 2 is 1.91 bits per heavy atom. The Kier molecular flexibility index (Phi) is 16.0. The van der Waals surface area contributed by atoms with E-state index in [1.165, 1.54) is 6.07 Å². The molecule has 2 saturated heterocycles. The van der Waals surface area contributed by atoms with E-state index in [1.807, 2.05) is 0 Å². The van der Waals surface area contributed by atoms with Crippen molar-refractivity contribution in [2.75, 3.05) is 25.5 Å². The van der Waals surface area contributed by atoms with Gasteiger partial charge in [-0.2, -0.15) is 4.98 Å². The normalized spacial score (nSPS) is 32.8. The average Bonchev–Trinajstić information content (AvgIpc) is 3.20. The Bertz CT molecular complexity index is 1250. The molecule has 2 fully saturated rings. The smallest absolute Gasteiger partial charge is 0.756 e. The first-order valence-corrected chi connectivity index (χ1v) is 13.6. The van der Waals surface area contributed by atoms with Crippen LogP contribution in [0.1, 0.15) is 12.6 Å². The van der Waals surface area contributed by atoms with Gasteiger partial charge in [-0.15, -0.1) is 0 Å². The standard InChI is InChI=1S/C20H32N5O16P.2Na/c21-4-11(29)24-12-7(27)3-20(18(33)34,40-16(12)13(30)8(28)5-26)41-42(36,37)38-6-9-14(31)15(32)17(39-9)25-2-1-10(22)23-19(25)35;;/h1-2,7-9,12-17,26-28,30-32H,3-6,21H2,(H,24,29)(H,33,34)(H,36,37)(H2,22,23,35);;/q;2*+1/p-2/t7-,8+,9+,12+,13+,14+,15+,16?,17+,20+;;/m0../s1. The Hall–Kier alpha value is -0.630. The van der Waals surface area contributed by atoms with Crippen LogP contribution in [-0.4, -0.2) is 126 Å². The predicted octanol–water partition coefficient (Wildman–Crippen LogP) is -14.3. The van der Waals surface area contributed by atoms with E-state index < -0.39 is 112 Å². The van der Waals surface area contributed by atoms with Gasteiger partial charge in [0.1, 0.15) is 48.4 Å². The molecule has 0 saturated carbocycles. The third kappa shape index (κ3) is 9.47. The second kappa shape index (κ2) is 17.0. The van der Waals surface area contributed by atoms with Gasteiger partial charge >= 0.3 is 64.8 Å². The quantitative estimate of drug-likeness (QED) is 0.0734. The fraction of sp³-hybridized carbons (Fsp3) is 0.700. The number of anilines is 1. The second-order valence-corrected chi connectivity index (χ2v) is 10.7. The summed E-state index contributed by atoms with van der Waals surface area (Å²) in [7, 11) is -5.83. The number of aliphatic hydroxyl groups excluding tert-OH is 6. The molecule has 2 aliphatic rings. The number of carbonyl (C=O) groups excluding carboxylic acids is 2. The summed E-state index contributed by atoms with van der Waals surface area (Å²) in [5, 5.41) is 74.8. The van der Waals surface area contributed by atoms with Gasteiger partial charge in [-0.3, -0.25) is 18.5 Å². The molecule has 24 heteroatoms. The van der Waals surface area contributed by atoms with Gasteiger partial charge in [0.15, 0.2) is 6.23 Å². The summed E-state index contributed by atoms with van der Waals surface area (Å²) in [4.78, 5) is 52.1. The van der Waals surface area contributed by atoms with Gasteiger partial charge in [0, 0.05) is 12.6 Å². The number of carboxylic acids is 1. The Labute approximate surface area is 292 Å². The number of hydrogen-bond acceptors (Lipinski definition) is 19. The van der Waals surface area contributed by atoms with E-state index in [4.69, 9.17) is 20.9 Å². The van der Waals surface area contributed by atoms with E-state index in [0.717, 1.165) is 10.8 Å². The van der Waals surface area contributed by atoms with Gasteiger partial charge in [-0.05, 0) is 6.07 Å². The number of ether oxygens (including phenoxy) is 2. The number of amides is 1. The van der Waals surface area contributed by atoms with Crippen molar-refractivity contribution in [2.24, 2.45) is 5.73 Å². The van der Waals surface area contributed by atoms with Crippen molar-refractivity contribution in [3.63, 3.8) is 0 Å². The van der Waals surface area contributed by atoms with Crippen LogP contribution < -0.4 is 91.6 Å². The number of phosphoric acid groups is 1. The summed E-state index contributed by atoms with van der Waals surface area (Å²) in [6, 6.07) is -0.506. The van der Waals surface area contributed by atoms with Gasteiger partial charge < -0.3 is 76.2 Å². The molecule has 44 heavy (non-hydrogen) atoms. The SMILES string of the molecule is NCC(=O)N[C@H]1C([C@H](O)[C@H](O)CO)O[C@](OP(=O)([O-])OC[C@H]2O[C@@H](n3ccc(N)nc3=O)[C@H](O)[C@@H]2O)(C(=O)[O-])C[C@@H]1O.[Na+].[Na+]. The van der Waals surface area contributed by atoms with Crippen LogP contribution in [0, 0.1) is 0 Å². The zero-order valence-electron chi connectivity index (χ0n) is 23.4. The molecule has 3 heterocycles. The molecule has 1 amide bonds. The number of hydrogen-bond donors (Lipinski definition) is 9. The molecule has 1 aromatic rings. The van der Waals surface area contributed by atoms with Crippen molar-refractivity contribution >= 4 is 25.5 Å². The van der Waals surface area contributed by atoms with Crippen LogP contribution in [0.3, 0.4) is 0 Å². The van der Waals surface area contributed by atoms with Gasteiger partial charge in [0.2, 0.25) is 11.7 Å². The molecule has 0 aromatic carbocycles. The molecule has 11 N–H and O–H groups in total. The minimum atomic E-state index is -5.83. The predicted molar refractivity (Wildman–Crippen MR) is 127 cm³/mol. The van der Waals surface area contributed by atoms with Crippen LogP contribution in [0.2, 0.25) is 0 Å². The van der Waals surface area contributed by atoms with Crippen molar-refractivity contribution in [2.45, 2.75) is 67.2 Å². The first-order chi connectivity index (χ1) is 19.6. The molecule has 11 atom stereocenters. The molecule has 2 aliphatic heterocycles. The van der Waals surface area contributed by atoms with Crippen molar-refractivity contribution in [3.05, 3.63) is 22.7 Å². The molecular formula is C20H30N5Na2O16P. The van der Waals surface area contributed by atoms with Gasteiger partial charge in [-0.25, -0.2) is 4.79 Å². The summed E-state index contributed by atoms with van der Waals surface area (Å²) in [5.41, 5.74) is 9.63. The molecule has 0 spiro atoms. The maximum absolute atomic E-state index is 12.7. The summed E-state index contributed by atoms with van der Waals surface area (Å²) in [6.45, 7) is -2.84. The van der Waals surface area contributed by atoms with Crippen LogP contribution in [-0.2, 0) is 32.7 Å². The van der Waals surface area contributed by atoms with Crippen molar-refractivity contribution in [1.82, 2.24) is 14.9 Å². The number of aliphatic carboxylic acids is 1. The zero-order chi connectivity index (χ0) is 31.6. The minimum Gasteiger partial charge on any atom is -0.756 e. The summed E-state index contributed by atoms with van der Waals surface area (Å²) < 4.78 is 33.1. The van der Waals surface area contributed by atoms with E-state index >= 15 is 0 Å². The second-order valence-electron chi connectivity index (χ2n) is 9.36. The fourth-order valence-electron chi connectivity index (χ4n) is 4.31. The van der Waals surface area contributed by atoms with Crippen LogP contribution in [0.5, 0.6) is 0 Å². The maximum Gasteiger partial charge on any atom is 1.00 e. The Morgan fingerprint density at radius 1 is 1.27 bits per heavy atom. The van der Waals surface area contributed by atoms with Gasteiger partial charge in [-0.1, -0.05) is 0 Å². The maximum atomic E-state index is 12.7. The van der Waals surface area contributed by atoms with E-state index in [1.54, 1.807) is 0 Å². The van der Waals surface area contributed by atoms with Gasteiger partial charge in [0.05, 0.1) is 31.9 Å². The monoisotopic (exact) mass is 673 g/mol. The third-order valence-electron chi connectivity index (χ3n) is 6.43. The zero-order valence-corrected chi connectivity index (χ0v) is 28.3. The van der Waals surface area contributed by atoms with Crippen molar-refractivity contribution < 1.29 is 132 Å². The molecule has 1 aromatic heterocycles. The molecule has 0 radical (unpaired) electrons. The number of phosphoric ester groups is 1. The van der Waals surface area contributed by atoms with Crippen molar-refractivity contribution in [1.29, 1.82) is 0 Å². The van der Waals surface area contributed by atoms with E-state index in [0.29, 0.717) is 0 Å². The van der Waals surface area contributed by atoms with E-state index in [9.17, 15) is 59.6 Å². The van der Waals surface area contributed by atoms with Crippen molar-refractivity contribution in [3.8, 4) is 0 Å². The third-order valence-corrected chi connectivity index (χ3v) is 7.42. The van der Waals surface area contributed by atoms with Crippen LogP contribution in [0.25, 0.3) is 0 Å². The first-order valence-electron chi connectivity index (χ1n) is 12.1. The molecule has 0 bridgehead atoms. The number of rotatable bonds is 12. The summed E-state index contributed by atoms with van der Waals surface area (Å²) in [6.07, 6.45) is -15.4. The average molecular weight is 673 g/mol. The van der Waals surface area contributed by atoms with Crippen LogP contribution in [0.4, 0.5) is 5.82 Å². The number of carbonyl (C=O) groups is 2. The number of carboxylic acid groups (broad SMARTS) is 1. The fourth-order valence-corrected chi connectivity index (χ4v) is 5.25. The van der Waals surface area contributed by atoms with Crippen LogP contribution >= 0.6 is 7.82 Å². The topological polar surface area (TPSA) is 355 Å². The van der Waals surface area contributed by atoms with Gasteiger partial charge in [0.25, 0.3) is 7.82 Å². The van der Waals surface area contributed by atoms with Crippen LogP contribution in [0.15, 0.2) is 17.1 Å². The number of nitrogens with two attached hydrogens (primary N) is 2. The molecule has 0 aliphatic carbocycles. The number of nitrogen functional groups attached to an aromatic ring is 1. The van der Waals surface area contributed by atoms with E-state index in [2.05, 4.69) is 19.3 Å². The minimum absolute atomic E-state index is 0. The molecule has 2 unspecified atom stereocenters. The first kappa shape index (κ1) is 41.4. The summed E-state index contributed by atoms with van der Waals surface area (Å²) in [5.74, 6) is -6.89. The number of nitrogens with one attached hydrogen (secondary N) is 1. The molecule has 3 rings (SSSR count). The van der Waals surface area contributed by atoms with E-state index in [-0.39, 0.29) is 64.9 Å². The molecule has 238 valence electrons. The molecule has 21 nitrogen and oxygen atoms in total. The number of aromatic nitrogens is 2. The number of nitrogens with zero attached hydrogens (tertiary/aromatic N) is 2. The number of aliphatic hydroxyl groups is 6. The summed E-state index contributed by atoms with van der Waals surface area (Å²) >= 11 is 0. The largest absolute Gasteiger partial charge is 1.00 e.